The van der Waals surface area contributed by atoms with Crippen LogP contribution in [0.3, 0.4) is 0 Å². The molecule has 2 amide bonds. The molecule has 0 aliphatic heterocycles. The Bertz CT molecular complexity index is 966. The van der Waals surface area contributed by atoms with Gasteiger partial charge in [-0.15, -0.1) is 4.98 Å². The molecule has 1 aromatic carbocycles. The third-order valence-corrected chi connectivity index (χ3v) is 5.05. The molecular weight excluding hydrogens is 421 g/mol. The van der Waals surface area contributed by atoms with Crippen LogP contribution < -0.4 is 24.2 Å². The molecule has 11 nitrogen and oxygen atoms in total. The number of benzene rings is 1. The van der Waals surface area contributed by atoms with E-state index in [1.807, 2.05) is 11.6 Å². The van der Waals surface area contributed by atoms with Crippen molar-refractivity contribution in [3.63, 3.8) is 0 Å². The second-order valence-corrected chi connectivity index (χ2v) is 7.34. The Morgan fingerprint density at radius 1 is 1.13 bits per heavy atom. The third kappa shape index (κ3) is 5.89. The van der Waals surface area contributed by atoms with Gasteiger partial charge in [0, 0.05) is 0 Å². The van der Waals surface area contributed by atoms with Crippen LogP contribution in [-0.2, 0) is 16.4 Å². The zero-order valence-corrected chi connectivity index (χ0v) is 17.5. The Morgan fingerprint density at radius 3 is 2.37 bits per heavy atom. The van der Waals surface area contributed by atoms with Gasteiger partial charge in [-0.3, -0.25) is 5.32 Å². The zero-order chi connectivity index (χ0) is 22.1. The molecule has 2 rings (SSSR count). The Balaban J connectivity index is 2.31. The number of urea groups is 1. The molecule has 0 fully saturated rings. The van der Waals surface area contributed by atoms with Crippen molar-refractivity contribution >= 4 is 22.0 Å². The second-order valence-electron chi connectivity index (χ2n) is 5.72. The van der Waals surface area contributed by atoms with Gasteiger partial charge in [0.25, 0.3) is 10.0 Å². The maximum Gasteiger partial charge on any atom is 0.335 e. The molecular formula is C17H22FN5O6S. The fourth-order valence-electron chi connectivity index (χ4n) is 2.47. The maximum absolute atomic E-state index is 12.9. The van der Waals surface area contributed by atoms with Gasteiger partial charge >= 0.3 is 18.1 Å². The highest BCUT2D eigenvalue weighted by Crippen LogP contribution is 2.28. The first-order valence-electron chi connectivity index (χ1n) is 8.83. The highest BCUT2D eigenvalue weighted by Gasteiger charge is 2.26. The number of hydrogen-bond donors (Lipinski definition) is 2. The molecule has 0 aliphatic rings. The summed E-state index contributed by atoms with van der Waals surface area (Å²) in [6, 6.07) is 3.17. The van der Waals surface area contributed by atoms with Crippen LogP contribution in [0.25, 0.3) is 0 Å². The predicted molar refractivity (Wildman–Crippen MR) is 104 cm³/mol. The van der Waals surface area contributed by atoms with Crippen LogP contribution in [0.2, 0.25) is 0 Å². The van der Waals surface area contributed by atoms with Crippen LogP contribution in [0, 0.1) is 0 Å². The van der Waals surface area contributed by atoms with Gasteiger partial charge in [0.2, 0.25) is 5.95 Å². The SMILES string of the molecule is CCCc1cccc(OCCF)c1S(=O)(=O)NC(=O)Nc1nc(OC)nc(OC)n1. The average molecular weight is 443 g/mol. The minimum atomic E-state index is -4.37. The van der Waals surface area contributed by atoms with Gasteiger partial charge in [-0.2, -0.15) is 9.97 Å². The van der Waals surface area contributed by atoms with Crippen molar-refractivity contribution in [3.05, 3.63) is 23.8 Å². The van der Waals surface area contributed by atoms with E-state index in [0.29, 0.717) is 18.4 Å². The van der Waals surface area contributed by atoms with Gasteiger partial charge in [0.1, 0.15) is 23.9 Å². The van der Waals surface area contributed by atoms with E-state index in [4.69, 9.17) is 14.2 Å². The van der Waals surface area contributed by atoms with Gasteiger partial charge < -0.3 is 14.2 Å². The number of aryl methyl sites for hydroxylation is 1. The number of amides is 2. The lowest BCUT2D eigenvalue weighted by molar-refractivity contribution is 0.256. The molecule has 0 saturated heterocycles. The number of rotatable bonds is 10. The van der Waals surface area contributed by atoms with Crippen molar-refractivity contribution in [2.75, 3.05) is 32.8 Å². The van der Waals surface area contributed by atoms with Crippen LogP contribution >= 0.6 is 0 Å². The molecule has 2 N–H and O–H groups in total. The summed E-state index contributed by atoms with van der Waals surface area (Å²) < 4.78 is 55.2. The summed E-state index contributed by atoms with van der Waals surface area (Å²) in [6.45, 7) is 0.746. The molecule has 13 heteroatoms. The van der Waals surface area contributed by atoms with E-state index in [1.165, 1.54) is 20.3 Å². The highest BCUT2D eigenvalue weighted by molar-refractivity contribution is 7.90. The van der Waals surface area contributed by atoms with E-state index in [1.54, 1.807) is 12.1 Å². The number of carbonyl (C=O) groups excluding carboxylic acids is 1. The summed E-state index contributed by atoms with van der Waals surface area (Å²) in [4.78, 5) is 23.4. The fraction of sp³-hybridized carbons (Fsp3) is 0.412. The quantitative estimate of drug-likeness (QED) is 0.561. The van der Waals surface area contributed by atoms with E-state index in [2.05, 4.69) is 20.3 Å². The number of sulfonamides is 1. The molecule has 164 valence electrons. The third-order valence-electron chi connectivity index (χ3n) is 3.60. The largest absolute Gasteiger partial charge is 0.489 e. The number of ether oxygens (including phenoxy) is 3. The smallest absolute Gasteiger partial charge is 0.335 e. The number of halogens is 1. The maximum atomic E-state index is 12.9. The number of aromatic nitrogens is 3. The van der Waals surface area contributed by atoms with Crippen LogP contribution in [-0.4, -0.2) is 56.9 Å². The molecule has 0 aliphatic carbocycles. The summed E-state index contributed by atoms with van der Waals surface area (Å²) >= 11 is 0. The fourth-order valence-corrected chi connectivity index (χ4v) is 3.78. The highest BCUT2D eigenvalue weighted by atomic mass is 32.2. The van der Waals surface area contributed by atoms with Gasteiger partial charge in [-0.1, -0.05) is 25.5 Å². The first kappa shape index (κ1) is 23.1. The summed E-state index contributed by atoms with van der Waals surface area (Å²) in [6.07, 6.45) is 1.05. The molecule has 0 spiro atoms. The molecule has 0 radical (unpaired) electrons. The number of hydrogen-bond acceptors (Lipinski definition) is 9. The first-order valence-corrected chi connectivity index (χ1v) is 10.3. The molecule has 30 heavy (non-hydrogen) atoms. The Hall–Kier alpha value is -3.22. The summed E-state index contributed by atoms with van der Waals surface area (Å²) in [5, 5.41) is 2.18. The van der Waals surface area contributed by atoms with Gasteiger partial charge in [-0.25, -0.2) is 22.3 Å². The number of nitrogens with one attached hydrogen (secondary N) is 2. The molecule has 1 aromatic heterocycles. The molecule has 0 unspecified atom stereocenters. The van der Waals surface area contributed by atoms with E-state index < -0.39 is 22.7 Å². The number of carbonyl (C=O) groups is 1. The molecule has 0 atom stereocenters. The van der Waals surface area contributed by atoms with Crippen molar-refractivity contribution in [1.29, 1.82) is 0 Å². The van der Waals surface area contributed by atoms with Gasteiger partial charge in [-0.05, 0) is 18.1 Å². The normalized spacial score (nSPS) is 10.9. The molecule has 2 aromatic rings. The average Bonchev–Trinajstić information content (AvgIpc) is 2.71. The predicted octanol–water partition coefficient (Wildman–Crippen LogP) is 1.70. The monoisotopic (exact) mass is 443 g/mol. The minimum Gasteiger partial charge on any atom is -0.489 e. The number of methoxy groups -OCH3 is 2. The molecule has 0 saturated carbocycles. The van der Waals surface area contributed by atoms with Crippen molar-refractivity contribution in [1.82, 2.24) is 19.7 Å². The standard InChI is InChI=1S/C17H22FN5O6S/c1-4-6-11-7-5-8-12(29-10-9-18)13(11)30(25,26)23-15(24)19-14-20-16(27-2)22-17(21-14)28-3/h5,7-8H,4,6,9-10H2,1-3H3,(H2,19,20,21,22,23,24). The minimum absolute atomic E-state index is 0.0533. The molecule has 0 bridgehead atoms. The van der Waals surface area contributed by atoms with Crippen LogP contribution in [0.1, 0.15) is 18.9 Å². The van der Waals surface area contributed by atoms with Crippen LogP contribution in [0.15, 0.2) is 23.1 Å². The van der Waals surface area contributed by atoms with Crippen molar-refractivity contribution in [2.45, 2.75) is 24.7 Å². The van der Waals surface area contributed by atoms with Crippen LogP contribution in [0.4, 0.5) is 15.1 Å². The lowest BCUT2D eigenvalue weighted by Crippen LogP contribution is -2.35. The number of anilines is 1. The number of nitrogens with zero attached hydrogens (tertiary/aromatic N) is 3. The topological polar surface area (TPSA) is 142 Å². The Morgan fingerprint density at radius 2 is 1.80 bits per heavy atom. The zero-order valence-electron chi connectivity index (χ0n) is 16.6. The second kappa shape index (κ2) is 10.5. The lowest BCUT2D eigenvalue weighted by atomic mass is 10.1. The number of alkyl halides is 1. The summed E-state index contributed by atoms with van der Waals surface area (Å²) in [7, 11) is -1.77. The van der Waals surface area contributed by atoms with E-state index in [9.17, 15) is 17.6 Å². The Kier molecular flexibility index (Phi) is 8.09. The van der Waals surface area contributed by atoms with Gasteiger partial charge in [0.05, 0.1) is 14.2 Å². The Labute approximate surface area is 173 Å². The van der Waals surface area contributed by atoms with Gasteiger partial charge in [0.15, 0.2) is 0 Å². The first-order chi connectivity index (χ1) is 14.3. The van der Waals surface area contributed by atoms with Crippen molar-refractivity contribution < 1.29 is 31.8 Å². The van der Waals surface area contributed by atoms with E-state index in [-0.39, 0.29) is 35.2 Å². The van der Waals surface area contributed by atoms with Crippen molar-refractivity contribution in [3.8, 4) is 17.8 Å². The van der Waals surface area contributed by atoms with E-state index >= 15 is 0 Å². The molecule has 1 heterocycles. The summed E-state index contributed by atoms with van der Waals surface area (Å²) in [5.41, 5.74) is 0.428. The van der Waals surface area contributed by atoms with Crippen molar-refractivity contribution in [2.24, 2.45) is 0 Å². The van der Waals surface area contributed by atoms with Crippen LogP contribution in [0.5, 0.6) is 17.8 Å². The van der Waals surface area contributed by atoms with E-state index in [0.717, 1.165) is 0 Å². The lowest BCUT2D eigenvalue weighted by Gasteiger charge is -2.16. The summed E-state index contributed by atoms with van der Waals surface area (Å²) in [5.74, 6) is -0.343.